The van der Waals surface area contributed by atoms with E-state index in [4.69, 9.17) is 4.74 Å². The normalized spacial score (nSPS) is 14.6. The molecule has 0 saturated carbocycles. The van der Waals surface area contributed by atoms with Crippen LogP contribution in [0.3, 0.4) is 0 Å². The summed E-state index contributed by atoms with van der Waals surface area (Å²) in [5.41, 5.74) is 2.30. The Hall–Kier alpha value is -2.08. The lowest BCUT2D eigenvalue weighted by molar-refractivity contribution is 0.124. The molecule has 106 valence electrons. The second-order valence-corrected chi connectivity index (χ2v) is 5.92. The highest BCUT2D eigenvalue weighted by Crippen LogP contribution is 2.33. The lowest BCUT2D eigenvalue weighted by Crippen LogP contribution is -2.23. The molecule has 0 atom stereocenters. The van der Waals surface area contributed by atoms with Crippen molar-refractivity contribution in [3.05, 3.63) is 23.3 Å². The van der Waals surface area contributed by atoms with Crippen molar-refractivity contribution in [1.82, 2.24) is 15.1 Å². The van der Waals surface area contributed by atoms with Gasteiger partial charge in [0, 0.05) is 13.1 Å². The minimum absolute atomic E-state index is 0.365. The van der Waals surface area contributed by atoms with E-state index in [9.17, 15) is 9.90 Å². The molecule has 20 heavy (non-hydrogen) atoms. The van der Waals surface area contributed by atoms with Gasteiger partial charge < -0.3 is 15.2 Å². The minimum atomic E-state index is -1.10. The molecule has 6 heteroatoms. The summed E-state index contributed by atoms with van der Waals surface area (Å²) in [7, 11) is 0. The molecule has 1 aromatic carbocycles. The highest BCUT2D eigenvalue weighted by Gasteiger charge is 2.25. The van der Waals surface area contributed by atoms with Crippen LogP contribution in [0.2, 0.25) is 0 Å². The van der Waals surface area contributed by atoms with E-state index >= 15 is 0 Å². The Morgan fingerprint density at radius 1 is 1.40 bits per heavy atom. The average molecular weight is 275 g/mol. The van der Waals surface area contributed by atoms with Gasteiger partial charge in [0.25, 0.3) is 0 Å². The highest BCUT2D eigenvalue weighted by molar-refractivity contribution is 5.94. The molecule has 3 rings (SSSR count). The van der Waals surface area contributed by atoms with Crippen LogP contribution in [-0.2, 0) is 13.1 Å². The Bertz CT molecular complexity index is 698. The predicted molar refractivity (Wildman–Crippen MR) is 74.1 cm³/mol. The van der Waals surface area contributed by atoms with Gasteiger partial charge in [-0.2, -0.15) is 4.68 Å². The Balaban J connectivity index is 2.26. The first-order chi connectivity index (χ1) is 9.37. The van der Waals surface area contributed by atoms with Gasteiger partial charge in [0.2, 0.25) is 5.88 Å². The van der Waals surface area contributed by atoms with Crippen LogP contribution in [0.15, 0.2) is 12.1 Å². The van der Waals surface area contributed by atoms with E-state index in [-0.39, 0.29) is 0 Å². The summed E-state index contributed by atoms with van der Waals surface area (Å²) in [6.45, 7) is 7.14. The number of aromatic nitrogens is 2. The number of carboxylic acid groups (broad SMARTS) is 1. The molecular formula is C14H17N3O3. The first-order valence-corrected chi connectivity index (χ1v) is 6.53. The lowest BCUT2D eigenvalue weighted by Gasteiger charge is -2.19. The molecule has 6 nitrogen and oxygen atoms in total. The fourth-order valence-electron chi connectivity index (χ4n) is 2.48. The molecule has 1 aromatic heterocycles. The number of fused-ring (bicyclic) bond motifs is 3. The van der Waals surface area contributed by atoms with Gasteiger partial charge in [-0.25, -0.2) is 4.79 Å². The SMILES string of the molecule is CC(C)(C)Oc1nn(C(=O)O)c2c3c(ccc12)CNC3. The first-order valence-electron chi connectivity index (χ1n) is 6.53. The van der Waals surface area contributed by atoms with Crippen molar-refractivity contribution < 1.29 is 14.6 Å². The van der Waals surface area contributed by atoms with Gasteiger partial charge in [-0.15, -0.1) is 5.10 Å². The van der Waals surface area contributed by atoms with Gasteiger partial charge in [0.15, 0.2) is 0 Å². The van der Waals surface area contributed by atoms with Crippen LogP contribution in [0.4, 0.5) is 4.79 Å². The molecule has 2 N–H and O–H groups in total. The number of hydrogen-bond acceptors (Lipinski definition) is 4. The molecule has 0 unspecified atom stereocenters. The molecule has 0 fully saturated rings. The quantitative estimate of drug-likeness (QED) is 0.835. The number of hydrogen-bond donors (Lipinski definition) is 2. The minimum Gasteiger partial charge on any atom is -0.470 e. The second-order valence-electron chi connectivity index (χ2n) is 5.92. The summed E-state index contributed by atoms with van der Waals surface area (Å²) in [6, 6.07) is 3.88. The van der Waals surface area contributed by atoms with E-state index in [1.165, 1.54) is 0 Å². The van der Waals surface area contributed by atoms with Crippen LogP contribution in [0, 0.1) is 0 Å². The first kappa shape index (κ1) is 12.9. The zero-order valence-electron chi connectivity index (χ0n) is 11.7. The van der Waals surface area contributed by atoms with Crippen LogP contribution >= 0.6 is 0 Å². The van der Waals surface area contributed by atoms with Gasteiger partial charge in [-0.1, -0.05) is 6.07 Å². The van der Waals surface area contributed by atoms with Crippen LogP contribution in [0.25, 0.3) is 10.9 Å². The van der Waals surface area contributed by atoms with Crippen molar-refractivity contribution >= 4 is 17.0 Å². The van der Waals surface area contributed by atoms with Gasteiger partial charge in [0.1, 0.15) is 5.60 Å². The van der Waals surface area contributed by atoms with Gasteiger partial charge in [-0.05, 0) is 38.0 Å². The molecule has 0 aliphatic carbocycles. The van der Waals surface area contributed by atoms with E-state index in [1.807, 2.05) is 32.9 Å². The maximum Gasteiger partial charge on any atom is 0.432 e. The molecule has 1 aliphatic heterocycles. The Morgan fingerprint density at radius 2 is 2.15 bits per heavy atom. The van der Waals surface area contributed by atoms with Crippen molar-refractivity contribution in [2.75, 3.05) is 0 Å². The third kappa shape index (κ3) is 2.02. The third-order valence-corrected chi connectivity index (χ3v) is 3.21. The van der Waals surface area contributed by atoms with Crippen LogP contribution in [-0.4, -0.2) is 26.6 Å². The summed E-state index contributed by atoms with van der Waals surface area (Å²) in [6.07, 6.45) is -1.10. The van der Waals surface area contributed by atoms with E-state index in [1.54, 1.807) is 0 Å². The average Bonchev–Trinajstić information content (AvgIpc) is 2.90. The molecule has 0 bridgehead atoms. The zero-order valence-corrected chi connectivity index (χ0v) is 11.7. The Morgan fingerprint density at radius 3 is 2.80 bits per heavy atom. The smallest absolute Gasteiger partial charge is 0.432 e. The molecule has 2 aromatic rings. The van der Waals surface area contributed by atoms with E-state index in [0.717, 1.165) is 27.7 Å². The number of benzene rings is 1. The molecule has 0 amide bonds. The summed E-state index contributed by atoms with van der Waals surface area (Å²) >= 11 is 0. The summed E-state index contributed by atoms with van der Waals surface area (Å²) in [5, 5.41) is 17.4. The molecule has 2 heterocycles. The van der Waals surface area contributed by atoms with Crippen molar-refractivity contribution in [3.63, 3.8) is 0 Å². The standard InChI is InChI=1S/C14H17N3O3/c1-14(2,3)20-12-9-5-4-8-6-15-7-10(8)11(9)17(16-12)13(18)19/h4-5,15H,6-7H2,1-3H3,(H,18,19). The number of rotatable bonds is 1. The summed E-state index contributed by atoms with van der Waals surface area (Å²) in [4.78, 5) is 11.4. The largest absolute Gasteiger partial charge is 0.470 e. The summed E-state index contributed by atoms with van der Waals surface area (Å²) < 4.78 is 6.81. The van der Waals surface area contributed by atoms with Crippen molar-refractivity contribution in [2.24, 2.45) is 0 Å². The van der Waals surface area contributed by atoms with Crippen LogP contribution in [0.5, 0.6) is 5.88 Å². The molecule has 0 saturated heterocycles. The summed E-state index contributed by atoms with van der Waals surface area (Å²) in [5.74, 6) is 0.365. The topological polar surface area (TPSA) is 76.4 Å². The van der Waals surface area contributed by atoms with Crippen molar-refractivity contribution in [3.8, 4) is 5.88 Å². The zero-order chi connectivity index (χ0) is 14.5. The molecular weight excluding hydrogens is 258 g/mol. The molecule has 1 aliphatic rings. The van der Waals surface area contributed by atoms with E-state index < -0.39 is 11.7 Å². The van der Waals surface area contributed by atoms with E-state index in [0.29, 0.717) is 17.9 Å². The number of ether oxygens (including phenoxy) is 1. The third-order valence-electron chi connectivity index (χ3n) is 3.21. The highest BCUT2D eigenvalue weighted by atomic mass is 16.5. The fourth-order valence-corrected chi connectivity index (χ4v) is 2.48. The van der Waals surface area contributed by atoms with Gasteiger partial charge in [0.05, 0.1) is 10.9 Å². The number of nitrogens with one attached hydrogen (secondary N) is 1. The Kier molecular flexibility index (Phi) is 2.72. The van der Waals surface area contributed by atoms with Crippen molar-refractivity contribution in [2.45, 2.75) is 39.5 Å². The predicted octanol–water partition coefficient (Wildman–Crippen LogP) is 2.34. The van der Waals surface area contributed by atoms with Gasteiger partial charge >= 0.3 is 6.09 Å². The number of nitrogens with zero attached hydrogens (tertiary/aromatic N) is 2. The maximum absolute atomic E-state index is 11.4. The molecule has 0 spiro atoms. The second kappa shape index (κ2) is 4.21. The monoisotopic (exact) mass is 275 g/mol. The Labute approximate surface area is 116 Å². The number of carbonyl (C=O) groups is 1. The van der Waals surface area contributed by atoms with Crippen LogP contribution in [0.1, 0.15) is 31.9 Å². The fraction of sp³-hybridized carbons (Fsp3) is 0.429. The van der Waals surface area contributed by atoms with Gasteiger partial charge in [-0.3, -0.25) is 0 Å². The molecule has 0 radical (unpaired) electrons. The van der Waals surface area contributed by atoms with E-state index in [2.05, 4.69) is 10.4 Å². The van der Waals surface area contributed by atoms with Crippen LogP contribution < -0.4 is 10.1 Å². The van der Waals surface area contributed by atoms with Crippen molar-refractivity contribution in [1.29, 1.82) is 0 Å². The lowest BCUT2D eigenvalue weighted by atomic mass is 10.1. The maximum atomic E-state index is 11.4.